The summed E-state index contributed by atoms with van der Waals surface area (Å²) in [5.74, 6) is -0.0161. The highest BCUT2D eigenvalue weighted by Crippen LogP contribution is 2.29. The quantitative estimate of drug-likeness (QED) is 0.776. The average molecular weight is 305 g/mol. The van der Waals surface area contributed by atoms with Crippen LogP contribution in [0.25, 0.3) is 22.5 Å². The van der Waals surface area contributed by atoms with E-state index in [4.69, 9.17) is 5.73 Å². The molecule has 1 aromatic heterocycles. The molecule has 6 nitrogen and oxygen atoms in total. The minimum atomic E-state index is -0.132. The smallest absolute Gasteiger partial charge is 0.240 e. The Hall–Kier alpha value is -3.28. The van der Waals surface area contributed by atoms with Crippen LogP contribution in [0.1, 0.15) is 6.92 Å². The first-order valence-corrected chi connectivity index (χ1v) is 7.07. The van der Waals surface area contributed by atoms with E-state index in [1.807, 2.05) is 54.6 Å². The molecule has 3 rings (SSSR count). The second-order valence-electron chi connectivity index (χ2n) is 5.00. The zero-order valence-electron chi connectivity index (χ0n) is 12.5. The molecule has 0 aliphatic heterocycles. The van der Waals surface area contributed by atoms with Crippen molar-refractivity contribution < 1.29 is 4.79 Å². The van der Waals surface area contributed by atoms with Gasteiger partial charge in [0.15, 0.2) is 0 Å². The maximum atomic E-state index is 11.2. The van der Waals surface area contributed by atoms with E-state index < -0.39 is 0 Å². The highest BCUT2D eigenvalue weighted by Gasteiger charge is 2.13. The van der Waals surface area contributed by atoms with Gasteiger partial charge in [-0.15, -0.1) is 10.2 Å². The summed E-state index contributed by atoms with van der Waals surface area (Å²) in [7, 11) is 0. The van der Waals surface area contributed by atoms with E-state index in [2.05, 4.69) is 20.5 Å². The Kier molecular flexibility index (Phi) is 3.97. The number of carbonyl (C=O) groups excluding carboxylic acids is 1. The number of benzene rings is 2. The zero-order chi connectivity index (χ0) is 16.2. The molecule has 1 heterocycles. The maximum absolute atomic E-state index is 11.2. The summed E-state index contributed by atoms with van der Waals surface area (Å²) in [6.07, 6.45) is 0. The number of carbonyl (C=O) groups is 1. The van der Waals surface area contributed by atoms with Crippen LogP contribution in [0.15, 0.2) is 54.6 Å². The number of amides is 1. The third-order valence-corrected chi connectivity index (χ3v) is 3.21. The second kappa shape index (κ2) is 6.23. The number of rotatable bonds is 3. The molecular formula is C17H15N5O. The minimum Gasteiger partial charge on any atom is -0.366 e. The summed E-state index contributed by atoms with van der Waals surface area (Å²) in [5, 5.41) is 10.8. The fraction of sp³-hybridized carbons (Fsp3) is 0.0588. The van der Waals surface area contributed by atoms with Gasteiger partial charge in [-0.25, -0.2) is 4.98 Å². The molecule has 1 amide bonds. The predicted octanol–water partition coefficient (Wildman–Crippen LogP) is 2.75. The van der Waals surface area contributed by atoms with Crippen LogP contribution in [0.2, 0.25) is 0 Å². The average Bonchev–Trinajstić information content (AvgIpc) is 2.55. The van der Waals surface area contributed by atoms with Crippen molar-refractivity contribution in [1.82, 2.24) is 15.2 Å². The topological polar surface area (TPSA) is 93.8 Å². The normalized spacial score (nSPS) is 10.3. The lowest BCUT2D eigenvalue weighted by Gasteiger charge is -2.09. The van der Waals surface area contributed by atoms with Gasteiger partial charge in [0.1, 0.15) is 11.4 Å². The van der Waals surface area contributed by atoms with Crippen molar-refractivity contribution in [3.8, 4) is 22.5 Å². The molecule has 6 heteroatoms. The predicted molar refractivity (Wildman–Crippen MR) is 89.4 cm³/mol. The Morgan fingerprint density at radius 3 is 2.43 bits per heavy atom. The van der Waals surface area contributed by atoms with Crippen LogP contribution in [0.4, 0.5) is 11.6 Å². The molecule has 23 heavy (non-hydrogen) atoms. The number of nitrogens with two attached hydrogens (primary N) is 1. The molecule has 3 N–H and O–H groups in total. The molecule has 0 bridgehead atoms. The van der Waals surface area contributed by atoms with Gasteiger partial charge in [0, 0.05) is 23.7 Å². The van der Waals surface area contributed by atoms with Crippen molar-refractivity contribution in [3.05, 3.63) is 54.6 Å². The van der Waals surface area contributed by atoms with Gasteiger partial charge in [0.25, 0.3) is 0 Å². The van der Waals surface area contributed by atoms with Crippen LogP contribution in [-0.2, 0) is 4.79 Å². The van der Waals surface area contributed by atoms with E-state index in [0.717, 1.165) is 11.1 Å². The Morgan fingerprint density at radius 1 is 0.957 bits per heavy atom. The van der Waals surface area contributed by atoms with Gasteiger partial charge in [-0.2, -0.15) is 0 Å². The molecule has 0 aliphatic carbocycles. The van der Waals surface area contributed by atoms with Crippen molar-refractivity contribution in [2.24, 2.45) is 0 Å². The Bertz CT molecular complexity index is 849. The van der Waals surface area contributed by atoms with Gasteiger partial charge < -0.3 is 11.1 Å². The van der Waals surface area contributed by atoms with Crippen molar-refractivity contribution >= 4 is 17.5 Å². The van der Waals surface area contributed by atoms with Crippen LogP contribution in [0.3, 0.4) is 0 Å². The summed E-state index contributed by atoms with van der Waals surface area (Å²) in [4.78, 5) is 15.6. The second-order valence-corrected chi connectivity index (χ2v) is 5.00. The lowest BCUT2D eigenvalue weighted by Crippen LogP contribution is -2.06. The molecular weight excluding hydrogens is 290 g/mol. The Labute approximate surface area is 133 Å². The first-order chi connectivity index (χ1) is 11.1. The third-order valence-electron chi connectivity index (χ3n) is 3.21. The standard InChI is InChI=1S/C17H15N5O/c1-11(23)19-14-9-5-8-13(10-14)16-15(20-17(18)22-21-16)12-6-3-2-4-7-12/h2-10H,1H3,(H,19,23)(H2,18,20,22). The van der Waals surface area contributed by atoms with E-state index in [9.17, 15) is 4.79 Å². The number of nitrogen functional groups attached to an aromatic ring is 1. The fourth-order valence-electron chi connectivity index (χ4n) is 2.28. The molecule has 0 atom stereocenters. The summed E-state index contributed by atoms with van der Waals surface area (Å²) >= 11 is 0. The molecule has 0 aliphatic rings. The van der Waals surface area contributed by atoms with Crippen LogP contribution in [0, 0.1) is 0 Å². The minimum absolute atomic E-state index is 0.116. The first-order valence-electron chi connectivity index (χ1n) is 7.07. The lowest BCUT2D eigenvalue weighted by atomic mass is 10.0. The summed E-state index contributed by atoms with van der Waals surface area (Å²) in [6, 6.07) is 17.0. The van der Waals surface area contributed by atoms with Gasteiger partial charge in [-0.05, 0) is 12.1 Å². The van der Waals surface area contributed by atoms with E-state index in [-0.39, 0.29) is 11.9 Å². The summed E-state index contributed by atoms with van der Waals surface area (Å²) in [6.45, 7) is 1.46. The summed E-state index contributed by atoms with van der Waals surface area (Å²) < 4.78 is 0. The Balaban J connectivity index is 2.12. The van der Waals surface area contributed by atoms with E-state index in [1.54, 1.807) is 0 Å². The van der Waals surface area contributed by atoms with Crippen molar-refractivity contribution in [2.45, 2.75) is 6.92 Å². The van der Waals surface area contributed by atoms with Crippen molar-refractivity contribution in [3.63, 3.8) is 0 Å². The van der Waals surface area contributed by atoms with Crippen LogP contribution in [-0.4, -0.2) is 21.1 Å². The number of nitrogens with one attached hydrogen (secondary N) is 1. The lowest BCUT2D eigenvalue weighted by molar-refractivity contribution is -0.114. The summed E-state index contributed by atoms with van der Waals surface area (Å²) in [5.41, 5.74) is 9.34. The SMILES string of the molecule is CC(=O)Nc1cccc(-c2nnc(N)nc2-c2ccccc2)c1. The Morgan fingerprint density at radius 2 is 1.70 bits per heavy atom. The molecule has 0 spiro atoms. The highest BCUT2D eigenvalue weighted by atomic mass is 16.1. The van der Waals surface area contributed by atoms with Crippen molar-refractivity contribution in [2.75, 3.05) is 11.1 Å². The monoisotopic (exact) mass is 305 g/mol. The molecule has 0 fully saturated rings. The van der Waals surface area contributed by atoms with Gasteiger partial charge in [-0.3, -0.25) is 4.79 Å². The molecule has 3 aromatic rings. The first kappa shape index (κ1) is 14.6. The number of anilines is 2. The van der Waals surface area contributed by atoms with E-state index in [1.165, 1.54) is 6.92 Å². The number of nitrogens with zero attached hydrogens (tertiary/aromatic N) is 3. The van der Waals surface area contributed by atoms with Gasteiger partial charge in [0.2, 0.25) is 11.9 Å². The van der Waals surface area contributed by atoms with Gasteiger partial charge in [-0.1, -0.05) is 42.5 Å². The largest absolute Gasteiger partial charge is 0.366 e. The van der Waals surface area contributed by atoms with E-state index in [0.29, 0.717) is 17.1 Å². The molecule has 114 valence electrons. The number of hydrogen-bond donors (Lipinski definition) is 2. The van der Waals surface area contributed by atoms with E-state index >= 15 is 0 Å². The molecule has 2 aromatic carbocycles. The van der Waals surface area contributed by atoms with Gasteiger partial charge in [0.05, 0.1) is 0 Å². The molecule has 0 saturated carbocycles. The molecule has 0 unspecified atom stereocenters. The third kappa shape index (κ3) is 3.32. The number of aromatic nitrogens is 3. The highest BCUT2D eigenvalue weighted by molar-refractivity contribution is 5.90. The molecule has 0 radical (unpaired) electrons. The van der Waals surface area contributed by atoms with Crippen LogP contribution >= 0.6 is 0 Å². The molecule has 0 saturated heterocycles. The fourth-order valence-corrected chi connectivity index (χ4v) is 2.28. The van der Waals surface area contributed by atoms with Crippen molar-refractivity contribution in [1.29, 1.82) is 0 Å². The van der Waals surface area contributed by atoms with Crippen LogP contribution < -0.4 is 11.1 Å². The maximum Gasteiger partial charge on any atom is 0.240 e. The number of hydrogen-bond acceptors (Lipinski definition) is 5. The van der Waals surface area contributed by atoms with Crippen LogP contribution in [0.5, 0.6) is 0 Å². The zero-order valence-corrected chi connectivity index (χ0v) is 12.5. The van der Waals surface area contributed by atoms with Gasteiger partial charge >= 0.3 is 0 Å².